The maximum Gasteiger partial charge on any atom is 0.234 e. The van der Waals surface area contributed by atoms with E-state index in [9.17, 15) is 4.79 Å². The largest absolute Gasteiger partial charge is 0.460 e. The SMILES string of the molecule is C=C1CCC(c2cc3ccccc3o2)C(=O)N1. The first kappa shape index (κ1) is 10.1. The van der Waals surface area contributed by atoms with Crippen molar-refractivity contribution >= 4 is 16.9 Å². The van der Waals surface area contributed by atoms with Crippen molar-refractivity contribution in [3.8, 4) is 0 Å². The van der Waals surface area contributed by atoms with Gasteiger partial charge in [-0.05, 0) is 25.0 Å². The van der Waals surface area contributed by atoms with Gasteiger partial charge in [-0.25, -0.2) is 0 Å². The number of para-hydroxylation sites is 1. The summed E-state index contributed by atoms with van der Waals surface area (Å²) in [6, 6.07) is 9.75. The number of allylic oxidation sites excluding steroid dienone is 1. The third-order valence-electron chi connectivity index (χ3n) is 3.14. The fraction of sp³-hybridized carbons (Fsp3) is 0.214. The van der Waals surface area contributed by atoms with Crippen molar-refractivity contribution in [2.45, 2.75) is 18.8 Å². The molecule has 86 valence electrons. The van der Waals surface area contributed by atoms with E-state index < -0.39 is 0 Å². The Bertz CT molecular complexity index is 564. The molecule has 0 radical (unpaired) electrons. The van der Waals surface area contributed by atoms with Crippen LogP contribution in [0.3, 0.4) is 0 Å². The molecule has 1 unspecified atom stereocenters. The highest BCUT2D eigenvalue weighted by Gasteiger charge is 2.28. The minimum atomic E-state index is -0.187. The van der Waals surface area contributed by atoms with Crippen molar-refractivity contribution in [3.05, 3.63) is 48.4 Å². The molecule has 0 bridgehead atoms. The highest BCUT2D eigenvalue weighted by atomic mass is 16.3. The Kier molecular flexibility index (Phi) is 2.25. The predicted molar refractivity (Wildman–Crippen MR) is 65.5 cm³/mol. The molecule has 1 N–H and O–H groups in total. The molecular weight excluding hydrogens is 214 g/mol. The van der Waals surface area contributed by atoms with E-state index in [0.29, 0.717) is 0 Å². The molecule has 1 aromatic heterocycles. The summed E-state index contributed by atoms with van der Waals surface area (Å²) in [5.41, 5.74) is 1.63. The van der Waals surface area contributed by atoms with E-state index in [1.165, 1.54) is 0 Å². The van der Waals surface area contributed by atoms with Gasteiger partial charge in [0, 0.05) is 11.1 Å². The van der Waals surface area contributed by atoms with E-state index in [0.717, 1.165) is 35.3 Å². The zero-order valence-electron chi connectivity index (χ0n) is 9.40. The Morgan fingerprint density at radius 2 is 2.18 bits per heavy atom. The van der Waals surface area contributed by atoms with Crippen LogP contribution in [-0.4, -0.2) is 5.91 Å². The number of carbonyl (C=O) groups excluding carboxylic acids is 1. The number of fused-ring (bicyclic) bond motifs is 1. The van der Waals surface area contributed by atoms with Gasteiger partial charge in [0.15, 0.2) is 0 Å². The van der Waals surface area contributed by atoms with Crippen LogP contribution in [0.1, 0.15) is 24.5 Å². The van der Waals surface area contributed by atoms with Crippen molar-refractivity contribution in [1.29, 1.82) is 0 Å². The Hall–Kier alpha value is -2.03. The number of amides is 1. The zero-order chi connectivity index (χ0) is 11.8. The molecule has 1 amide bonds. The van der Waals surface area contributed by atoms with Crippen LogP contribution in [0.15, 0.2) is 47.0 Å². The summed E-state index contributed by atoms with van der Waals surface area (Å²) in [5.74, 6) is 0.546. The lowest BCUT2D eigenvalue weighted by atomic mass is 9.94. The molecule has 3 nitrogen and oxygen atoms in total. The fourth-order valence-electron chi connectivity index (χ4n) is 2.22. The lowest BCUT2D eigenvalue weighted by molar-refractivity contribution is -0.123. The van der Waals surface area contributed by atoms with Crippen LogP contribution in [0.25, 0.3) is 11.0 Å². The smallest absolute Gasteiger partial charge is 0.234 e. The minimum absolute atomic E-state index is 0.0136. The quantitative estimate of drug-likeness (QED) is 0.813. The number of furan rings is 1. The number of hydrogen-bond donors (Lipinski definition) is 1. The summed E-state index contributed by atoms with van der Waals surface area (Å²) < 4.78 is 5.72. The monoisotopic (exact) mass is 227 g/mol. The summed E-state index contributed by atoms with van der Waals surface area (Å²) in [6.07, 6.45) is 1.58. The molecule has 2 heterocycles. The normalized spacial score (nSPS) is 20.6. The van der Waals surface area contributed by atoms with Gasteiger partial charge in [-0.15, -0.1) is 0 Å². The van der Waals surface area contributed by atoms with Crippen molar-refractivity contribution in [2.75, 3.05) is 0 Å². The zero-order valence-corrected chi connectivity index (χ0v) is 9.40. The van der Waals surface area contributed by atoms with Crippen LogP contribution in [-0.2, 0) is 4.79 Å². The second kappa shape index (κ2) is 3.77. The summed E-state index contributed by atoms with van der Waals surface area (Å²) in [6.45, 7) is 3.77. The van der Waals surface area contributed by atoms with Crippen molar-refractivity contribution in [2.24, 2.45) is 0 Å². The Morgan fingerprint density at radius 3 is 2.94 bits per heavy atom. The molecule has 0 saturated carbocycles. The number of rotatable bonds is 1. The molecule has 3 heteroatoms. The van der Waals surface area contributed by atoms with Gasteiger partial charge in [0.05, 0.1) is 5.92 Å². The molecule has 1 saturated heterocycles. The van der Waals surface area contributed by atoms with E-state index in [1.807, 2.05) is 30.3 Å². The second-order valence-corrected chi connectivity index (χ2v) is 4.37. The number of carbonyl (C=O) groups is 1. The molecule has 17 heavy (non-hydrogen) atoms. The predicted octanol–water partition coefficient (Wildman–Crippen LogP) is 2.94. The van der Waals surface area contributed by atoms with Gasteiger partial charge < -0.3 is 9.73 Å². The lowest BCUT2D eigenvalue weighted by Crippen LogP contribution is -2.32. The highest BCUT2D eigenvalue weighted by molar-refractivity contribution is 5.87. The summed E-state index contributed by atoms with van der Waals surface area (Å²) in [7, 11) is 0. The van der Waals surface area contributed by atoms with Crippen molar-refractivity contribution in [1.82, 2.24) is 5.32 Å². The maximum absolute atomic E-state index is 11.9. The summed E-state index contributed by atoms with van der Waals surface area (Å²) in [4.78, 5) is 11.9. The van der Waals surface area contributed by atoms with Crippen molar-refractivity contribution in [3.63, 3.8) is 0 Å². The number of benzene rings is 1. The molecule has 0 spiro atoms. The molecule has 1 fully saturated rings. The van der Waals surface area contributed by atoms with Crippen LogP contribution in [0.2, 0.25) is 0 Å². The average Bonchev–Trinajstić information content (AvgIpc) is 2.72. The number of hydrogen-bond acceptors (Lipinski definition) is 2. The first-order valence-electron chi connectivity index (χ1n) is 5.71. The minimum Gasteiger partial charge on any atom is -0.460 e. The Morgan fingerprint density at radius 1 is 1.35 bits per heavy atom. The third kappa shape index (κ3) is 1.73. The van der Waals surface area contributed by atoms with Gasteiger partial charge in [-0.1, -0.05) is 24.8 Å². The van der Waals surface area contributed by atoms with Gasteiger partial charge >= 0.3 is 0 Å². The van der Waals surface area contributed by atoms with Gasteiger partial charge in [0.2, 0.25) is 5.91 Å². The van der Waals surface area contributed by atoms with E-state index >= 15 is 0 Å². The van der Waals surface area contributed by atoms with E-state index in [4.69, 9.17) is 4.42 Å². The van der Waals surface area contributed by atoms with Gasteiger partial charge in [-0.2, -0.15) is 0 Å². The molecule has 2 aromatic rings. The van der Waals surface area contributed by atoms with Crippen LogP contribution in [0.5, 0.6) is 0 Å². The van der Waals surface area contributed by atoms with Crippen LogP contribution in [0, 0.1) is 0 Å². The number of piperidine rings is 1. The van der Waals surface area contributed by atoms with E-state index in [1.54, 1.807) is 0 Å². The van der Waals surface area contributed by atoms with Gasteiger partial charge in [-0.3, -0.25) is 4.79 Å². The van der Waals surface area contributed by atoms with Crippen molar-refractivity contribution < 1.29 is 9.21 Å². The van der Waals surface area contributed by atoms with Crippen LogP contribution < -0.4 is 5.32 Å². The standard InChI is InChI=1S/C14H13NO2/c1-9-6-7-11(14(16)15-9)13-8-10-4-2-3-5-12(10)17-13/h2-5,8,11H,1,6-7H2,(H,15,16). The van der Waals surface area contributed by atoms with Crippen LogP contribution in [0.4, 0.5) is 0 Å². The Balaban J connectivity index is 1.98. The molecule has 1 aliphatic heterocycles. The molecule has 3 rings (SSSR count). The second-order valence-electron chi connectivity index (χ2n) is 4.37. The molecule has 1 aliphatic rings. The summed E-state index contributed by atoms with van der Waals surface area (Å²) in [5, 5.41) is 3.82. The Labute approximate surface area is 99.1 Å². The van der Waals surface area contributed by atoms with Gasteiger partial charge in [0.1, 0.15) is 11.3 Å². The number of nitrogens with one attached hydrogen (secondary N) is 1. The highest BCUT2D eigenvalue weighted by Crippen LogP contribution is 2.31. The van der Waals surface area contributed by atoms with Crippen LogP contribution >= 0.6 is 0 Å². The lowest BCUT2D eigenvalue weighted by Gasteiger charge is -2.21. The molecule has 0 aliphatic carbocycles. The summed E-state index contributed by atoms with van der Waals surface area (Å²) >= 11 is 0. The first-order valence-corrected chi connectivity index (χ1v) is 5.71. The average molecular weight is 227 g/mol. The van der Waals surface area contributed by atoms with E-state index in [-0.39, 0.29) is 11.8 Å². The first-order chi connectivity index (χ1) is 8.24. The topological polar surface area (TPSA) is 42.2 Å². The fourth-order valence-corrected chi connectivity index (χ4v) is 2.22. The third-order valence-corrected chi connectivity index (χ3v) is 3.14. The maximum atomic E-state index is 11.9. The molecule has 1 atom stereocenters. The van der Waals surface area contributed by atoms with Gasteiger partial charge in [0.25, 0.3) is 0 Å². The molecular formula is C14H13NO2. The molecule has 1 aromatic carbocycles. The van der Waals surface area contributed by atoms with E-state index in [2.05, 4.69) is 11.9 Å².